The molecule has 94 valence electrons. The number of pyridine rings is 1. The molecule has 1 heterocycles. The lowest BCUT2D eigenvalue weighted by molar-refractivity contribution is -0.140. The van der Waals surface area contributed by atoms with Crippen molar-refractivity contribution in [1.82, 2.24) is 10.3 Å². The zero-order chi connectivity index (χ0) is 12.8. The standard InChI is InChI=1S/C13H20N2O2/c1-9(2)7-12(13(16)17)15-10(3)11-5-4-6-14-8-11/h4-6,8-10,12,15H,7H2,1-3H3,(H,16,17). The van der Waals surface area contributed by atoms with Crippen LogP contribution in [0.25, 0.3) is 0 Å². The molecule has 0 radical (unpaired) electrons. The monoisotopic (exact) mass is 236 g/mol. The highest BCUT2D eigenvalue weighted by molar-refractivity contribution is 5.73. The minimum Gasteiger partial charge on any atom is -0.480 e. The van der Waals surface area contributed by atoms with Crippen LogP contribution in [0.1, 0.15) is 38.8 Å². The number of aliphatic carboxylic acids is 1. The Bertz CT molecular complexity index is 352. The molecule has 0 saturated heterocycles. The summed E-state index contributed by atoms with van der Waals surface area (Å²) in [7, 11) is 0. The summed E-state index contributed by atoms with van der Waals surface area (Å²) in [5.74, 6) is -0.445. The van der Waals surface area contributed by atoms with Gasteiger partial charge in [0.1, 0.15) is 6.04 Å². The summed E-state index contributed by atoms with van der Waals surface area (Å²) < 4.78 is 0. The second-order valence-corrected chi connectivity index (χ2v) is 4.70. The lowest BCUT2D eigenvalue weighted by Gasteiger charge is -2.21. The lowest BCUT2D eigenvalue weighted by atomic mass is 10.0. The molecule has 2 atom stereocenters. The summed E-state index contributed by atoms with van der Waals surface area (Å²) >= 11 is 0. The van der Waals surface area contributed by atoms with Gasteiger partial charge in [-0.1, -0.05) is 19.9 Å². The summed E-state index contributed by atoms with van der Waals surface area (Å²) in [6, 6.07) is 3.28. The first-order valence-corrected chi connectivity index (χ1v) is 5.89. The van der Waals surface area contributed by atoms with Gasteiger partial charge in [-0.05, 0) is 30.9 Å². The van der Waals surface area contributed by atoms with E-state index >= 15 is 0 Å². The van der Waals surface area contributed by atoms with Gasteiger partial charge >= 0.3 is 5.97 Å². The van der Waals surface area contributed by atoms with Gasteiger partial charge in [0.15, 0.2) is 0 Å². The summed E-state index contributed by atoms with van der Waals surface area (Å²) in [6.45, 7) is 5.99. The largest absolute Gasteiger partial charge is 0.480 e. The molecule has 1 aromatic heterocycles. The topological polar surface area (TPSA) is 62.2 Å². The molecular weight excluding hydrogens is 216 g/mol. The van der Waals surface area contributed by atoms with Crippen molar-refractivity contribution in [3.63, 3.8) is 0 Å². The van der Waals surface area contributed by atoms with Crippen molar-refractivity contribution < 1.29 is 9.90 Å². The van der Waals surface area contributed by atoms with Gasteiger partial charge in [-0.25, -0.2) is 0 Å². The number of carboxylic acid groups (broad SMARTS) is 1. The normalized spacial score (nSPS) is 14.6. The Morgan fingerprint density at radius 1 is 1.47 bits per heavy atom. The van der Waals surface area contributed by atoms with E-state index in [9.17, 15) is 4.79 Å². The molecule has 0 bridgehead atoms. The van der Waals surface area contributed by atoms with Gasteiger partial charge in [0.2, 0.25) is 0 Å². The molecule has 0 aromatic carbocycles. The number of rotatable bonds is 6. The van der Waals surface area contributed by atoms with Crippen LogP contribution in [-0.2, 0) is 4.79 Å². The van der Waals surface area contributed by atoms with Crippen molar-refractivity contribution in [2.45, 2.75) is 39.3 Å². The first-order chi connectivity index (χ1) is 8.00. The van der Waals surface area contributed by atoms with Crippen molar-refractivity contribution in [1.29, 1.82) is 0 Å². The van der Waals surface area contributed by atoms with E-state index in [1.165, 1.54) is 0 Å². The number of carboxylic acids is 1. The van der Waals surface area contributed by atoms with Crippen molar-refractivity contribution in [2.75, 3.05) is 0 Å². The zero-order valence-corrected chi connectivity index (χ0v) is 10.6. The van der Waals surface area contributed by atoms with Crippen LogP contribution in [0.2, 0.25) is 0 Å². The zero-order valence-electron chi connectivity index (χ0n) is 10.6. The predicted molar refractivity (Wildman–Crippen MR) is 66.7 cm³/mol. The molecule has 1 rings (SSSR count). The molecule has 0 spiro atoms. The van der Waals surface area contributed by atoms with Crippen molar-refractivity contribution in [2.24, 2.45) is 5.92 Å². The molecule has 0 saturated carbocycles. The molecule has 0 amide bonds. The molecule has 4 heteroatoms. The van der Waals surface area contributed by atoms with Crippen LogP contribution in [0.15, 0.2) is 24.5 Å². The summed E-state index contributed by atoms with van der Waals surface area (Å²) in [5, 5.41) is 12.3. The molecular formula is C13H20N2O2. The second-order valence-electron chi connectivity index (χ2n) is 4.70. The fourth-order valence-corrected chi connectivity index (χ4v) is 1.74. The summed E-state index contributed by atoms with van der Waals surface area (Å²) in [5.41, 5.74) is 1.00. The number of nitrogens with one attached hydrogen (secondary N) is 1. The van der Waals surface area contributed by atoms with Crippen LogP contribution in [0, 0.1) is 5.92 Å². The fourth-order valence-electron chi connectivity index (χ4n) is 1.74. The maximum absolute atomic E-state index is 11.1. The first-order valence-electron chi connectivity index (χ1n) is 5.89. The number of hydrogen-bond donors (Lipinski definition) is 2. The first kappa shape index (κ1) is 13.6. The average Bonchev–Trinajstić information content (AvgIpc) is 2.28. The van der Waals surface area contributed by atoms with Gasteiger partial charge in [-0.2, -0.15) is 0 Å². The van der Waals surface area contributed by atoms with E-state index < -0.39 is 12.0 Å². The van der Waals surface area contributed by atoms with Crippen LogP contribution in [0.3, 0.4) is 0 Å². The van der Waals surface area contributed by atoms with Gasteiger partial charge in [-0.3, -0.25) is 15.1 Å². The highest BCUT2D eigenvalue weighted by atomic mass is 16.4. The molecule has 0 fully saturated rings. The molecule has 0 aliphatic heterocycles. The second kappa shape index (κ2) is 6.35. The summed E-state index contributed by atoms with van der Waals surface area (Å²) in [4.78, 5) is 15.2. The average molecular weight is 236 g/mol. The van der Waals surface area contributed by atoms with Crippen LogP contribution < -0.4 is 5.32 Å². The van der Waals surface area contributed by atoms with E-state index in [0.29, 0.717) is 12.3 Å². The Balaban J connectivity index is 2.64. The number of carbonyl (C=O) groups is 1. The maximum Gasteiger partial charge on any atom is 0.320 e. The van der Waals surface area contributed by atoms with Gasteiger partial charge in [0.25, 0.3) is 0 Å². The molecule has 0 aliphatic carbocycles. The van der Waals surface area contributed by atoms with Gasteiger partial charge in [0.05, 0.1) is 0 Å². The third kappa shape index (κ3) is 4.53. The molecule has 17 heavy (non-hydrogen) atoms. The van der Waals surface area contributed by atoms with E-state index in [0.717, 1.165) is 5.56 Å². The number of hydrogen-bond acceptors (Lipinski definition) is 3. The Kier molecular flexibility index (Phi) is 5.10. The Morgan fingerprint density at radius 2 is 2.18 bits per heavy atom. The highest BCUT2D eigenvalue weighted by Crippen LogP contribution is 2.14. The van der Waals surface area contributed by atoms with Gasteiger partial charge in [0, 0.05) is 18.4 Å². The fraction of sp³-hybridized carbons (Fsp3) is 0.538. The SMILES string of the molecule is CC(C)CC(NC(C)c1cccnc1)C(=O)O. The lowest BCUT2D eigenvalue weighted by Crippen LogP contribution is -2.39. The molecule has 2 N–H and O–H groups in total. The number of nitrogens with zero attached hydrogens (tertiary/aromatic N) is 1. The van der Waals surface area contributed by atoms with E-state index in [1.54, 1.807) is 12.4 Å². The molecule has 2 unspecified atom stereocenters. The van der Waals surface area contributed by atoms with E-state index in [2.05, 4.69) is 10.3 Å². The third-order valence-electron chi connectivity index (χ3n) is 2.64. The van der Waals surface area contributed by atoms with E-state index in [4.69, 9.17) is 5.11 Å². The van der Waals surface area contributed by atoms with E-state index in [1.807, 2.05) is 32.9 Å². The predicted octanol–water partition coefficient (Wildman–Crippen LogP) is 2.23. The van der Waals surface area contributed by atoms with Crippen molar-refractivity contribution in [3.8, 4) is 0 Å². The number of aromatic nitrogens is 1. The molecule has 1 aromatic rings. The van der Waals surface area contributed by atoms with Crippen molar-refractivity contribution in [3.05, 3.63) is 30.1 Å². The Morgan fingerprint density at radius 3 is 2.65 bits per heavy atom. The van der Waals surface area contributed by atoms with Crippen LogP contribution >= 0.6 is 0 Å². The minimum absolute atomic E-state index is 0.0106. The highest BCUT2D eigenvalue weighted by Gasteiger charge is 2.21. The Labute approximate surface area is 102 Å². The Hall–Kier alpha value is -1.42. The van der Waals surface area contributed by atoms with Gasteiger partial charge < -0.3 is 5.11 Å². The van der Waals surface area contributed by atoms with Gasteiger partial charge in [-0.15, -0.1) is 0 Å². The third-order valence-corrected chi connectivity index (χ3v) is 2.64. The smallest absolute Gasteiger partial charge is 0.320 e. The van der Waals surface area contributed by atoms with E-state index in [-0.39, 0.29) is 6.04 Å². The van der Waals surface area contributed by atoms with Crippen LogP contribution in [0.5, 0.6) is 0 Å². The molecule has 0 aliphatic rings. The maximum atomic E-state index is 11.1. The van der Waals surface area contributed by atoms with Crippen LogP contribution in [0.4, 0.5) is 0 Å². The molecule has 4 nitrogen and oxygen atoms in total. The minimum atomic E-state index is -0.797. The van der Waals surface area contributed by atoms with Crippen LogP contribution in [-0.4, -0.2) is 22.1 Å². The summed E-state index contributed by atoms with van der Waals surface area (Å²) in [6.07, 6.45) is 4.09. The quantitative estimate of drug-likeness (QED) is 0.795. The van der Waals surface area contributed by atoms with Crippen molar-refractivity contribution >= 4 is 5.97 Å².